The number of nitrogens with zero attached hydrogens (tertiary/aromatic N) is 1. The molecule has 0 aliphatic carbocycles. The van der Waals surface area contributed by atoms with Gasteiger partial charge in [0.05, 0.1) is 11.3 Å². The number of pyridine rings is 1. The summed E-state index contributed by atoms with van der Waals surface area (Å²) in [5.74, 6) is -3.12. The summed E-state index contributed by atoms with van der Waals surface area (Å²) in [5.41, 5.74) is 5.94. The van der Waals surface area contributed by atoms with Crippen LogP contribution in [0.4, 0.5) is 18.9 Å². The van der Waals surface area contributed by atoms with Crippen LogP contribution in [0.3, 0.4) is 0 Å². The van der Waals surface area contributed by atoms with Gasteiger partial charge in [-0.2, -0.15) is 13.2 Å². The Bertz CT molecular complexity index is 1210. The van der Waals surface area contributed by atoms with Crippen molar-refractivity contribution in [3.8, 4) is 22.5 Å². The van der Waals surface area contributed by atoms with E-state index in [1.165, 1.54) is 0 Å². The first-order valence-electron chi connectivity index (χ1n) is 9.81. The number of aromatic amines is 1. The Morgan fingerprint density at radius 2 is 1.79 bits per heavy atom. The number of nitrogens with one attached hydrogen (secondary N) is 3. The van der Waals surface area contributed by atoms with Gasteiger partial charge < -0.3 is 20.7 Å². The average Bonchev–Trinajstić information content (AvgIpc) is 3.25. The number of fused-ring (bicyclic) bond motifs is 1. The van der Waals surface area contributed by atoms with Crippen LogP contribution in [0.2, 0.25) is 0 Å². The van der Waals surface area contributed by atoms with Crippen molar-refractivity contribution in [3.63, 3.8) is 0 Å². The highest BCUT2D eigenvalue weighted by atomic mass is 35.5. The summed E-state index contributed by atoms with van der Waals surface area (Å²) in [6.45, 7) is 0.653. The van der Waals surface area contributed by atoms with Crippen molar-refractivity contribution in [2.75, 3.05) is 17.7 Å². The van der Waals surface area contributed by atoms with Gasteiger partial charge in [-0.05, 0) is 30.3 Å². The highest BCUT2D eigenvalue weighted by Gasteiger charge is 2.38. The van der Waals surface area contributed by atoms with Crippen LogP contribution in [0.1, 0.15) is 16.1 Å². The summed E-state index contributed by atoms with van der Waals surface area (Å²) < 4.78 is 31.7. The standard InChI is InChI=1S/C20H17ClN4O2.C2HF3O2/c21-11-19(26)24-14-3-1-12(2-4-14)17-9-13(5-7-22-17)18-10-15-16(25-18)6-8-23-20(15)27;3-2(4,5)1(6)7/h1-5,7,9-10,25H,6,8,11H2,(H,23,27)(H,24,26);(H,6,7). The number of rotatable bonds is 4. The molecule has 34 heavy (non-hydrogen) atoms. The molecule has 178 valence electrons. The van der Waals surface area contributed by atoms with E-state index in [1.807, 2.05) is 42.5 Å². The van der Waals surface area contributed by atoms with E-state index in [1.54, 1.807) is 6.20 Å². The number of amides is 2. The minimum atomic E-state index is -5.08. The number of carboxylic acids is 1. The predicted molar refractivity (Wildman–Crippen MR) is 119 cm³/mol. The van der Waals surface area contributed by atoms with E-state index in [0.29, 0.717) is 17.8 Å². The van der Waals surface area contributed by atoms with Crippen LogP contribution in [-0.2, 0) is 16.0 Å². The lowest BCUT2D eigenvalue weighted by atomic mass is 10.1. The number of hydrogen-bond donors (Lipinski definition) is 4. The van der Waals surface area contributed by atoms with E-state index < -0.39 is 12.1 Å². The maximum Gasteiger partial charge on any atom is 0.490 e. The van der Waals surface area contributed by atoms with Gasteiger partial charge in [0.1, 0.15) is 5.88 Å². The molecule has 0 saturated heterocycles. The van der Waals surface area contributed by atoms with Gasteiger partial charge in [-0.25, -0.2) is 4.79 Å². The molecule has 0 saturated carbocycles. The van der Waals surface area contributed by atoms with Gasteiger partial charge in [-0.15, -0.1) is 11.6 Å². The molecule has 3 aromatic rings. The number of hydrogen-bond acceptors (Lipinski definition) is 4. The van der Waals surface area contributed by atoms with Crippen molar-refractivity contribution in [2.45, 2.75) is 12.6 Å². The molecule has 1 aromatic carbocycles. The summed E-state index contributed by atoms with van der Waals surface area (Å²) in [5, 5.41) is 12.7. The molecule has 4 rings (SSSR count). The van der Waals surface area contributed by atoms with Crippen LogP contribution in [0.25, 0.3) is 22.5 Å². The second-order valence-corrected chi connectivity index (χ2v) is 7.34. The Hall–Kier alpha value is -3.86. The summed E-state index contributed by atoms with van der Waals surface area (Å²) in [4.78, 5) is 40.0. The number of carbonyl (C=O) groups excluding carboxylic acids is 2. The van der Waals surface area contributed by atoms with Crippen molar-refractivity contribution in [2.24, 2.45) is 0 Å². The lowest BCUT2D eigenvalue weighted by molar-refractivity contribution is -0.192. The third-order valence-corrected chi connectivity index (χ3v) is 4.95. The molecule has 1 aliphatic heterocycles. The normalized spacial score (nSPS) is 12.6. The van der Waals surface area contributed by atoms with E-state index in [0.717, 1.165) is 34.6 Å². The maximum atomic E-state index is 12.0. The Kier molecular flexibility index (Phi) is 7.57. The van der Waals surface area contributed by atoms with Gasteiger partial charge in [0.2, 0.25) is 5.91 Å². The monoisotopic (exact) mass is 494 g/mol. The number of aromatic nitrogens is 2. The maximum absolute atomic E-state index is 12.0. The number of H-pyrrole nitrogens is 1. The van der Waals surface area contributed by atoms with E-state index in [9.17, 15) is 22.8 Å². The van der Waals surface area contributed by atoms with Gasteiger partial charge >= 0.3 is 12.1 Å². The van der Waals surface area contributed by atoms with Gasteiger partial charge in [0.15, 0.2) is 0 Å². The summed E-state index contributed by atoms with van der Waals surface area (Å²) in [6, 6.07) is 13.2. The quantitative estimate of drug-likeness (QED) is 0.410. The topological polar surface area (TPSA) is 124 Å². The van der Waals surface area contributed by atoms with Crippen molar-refractivity contribution in [3.05, 3.63) is 59.9 Å². The highest BCUT2D eigenvalue weighted by Crippen LogP contribution is 2.27. The molecular weight excluding hydrogens is 477 g/mol. The third kappa shape index (κ3) is 6.13. The summed E-state index contributed by atoms with van der Waals surface area (Å²) in [7, 11) is 0. The van der Waals surface area contributed by atoms with Crippen molar-refractivity contribution in [1.29, 1.82) is 0 Å². The van der Waals surface area contributed by atoms with E-state index in [4.69, 9.17) is 21.5 Å². The fourth-order valence-corrected chi connectivity index (χ4v) is 3.19. The molecule has 12 heteroatoms. The van der Waals surface area contributed by atoms with Crippen molar-refractivity contribution in [1.82, 2.24) is 15.3 Å². The zero-order valence-electron chi connectivity index (χ0n) is 17.4. The number of anilines is 1. The second-order valence-electron chi connectivity index (χ2n) is 7.07. The van der Waals surface area contributed by atoms with Gasteiger partial charge in [0, 0.05) is 47.4 Å². The summed E-state index contributed by atoms with van der Waals surface area (Å²) >= 11 is 5.50. The molecule has 8 nitrogen and oxygen atoms in total. The Morgan fingerprint density at radius 1 is 1.12 bits per heavy atom. The molecule has 0 fully saturated rings. The fraction of sp³-hybridized carbons (Fsp3) is 0.182. The zero-order chi connectivity index (χ0) is 24.9. The number of aliphatic carboxylic acids is 1. The Morgan fingerprint density at radius 3 is 2.38 bits per heavy atom. The molecule has 0 unspecified atom stereocenters. The van der Waals surface area contributed by atoms with Gasteiger partial charge in [-0.3, -0.25) is 14.6 Å². The minimum Gasteiger partial charge on any atom is -0.475 e. The molecule has 0 radical (unpaired) electrons. The number of benzene rings is 1. The van der Waals surface area contributed by atoms with Crippen LogP contribution in [-0.4, -0.2) is 51.5 Å². The SMILES string of the molecule is O=C(CCl)Nc1ccc(-c2cc(-c3cc4c([nH]3)CCNC4=O)ccn2)cc1.O=C(O)C(F)(F)F. The van der Waals surface area contributed by atoms with Crippen molar-refractivity contribution < 1.29 is 32.7 Å². The molecule has 2 amide bonds. The van der Waals surface area contributed by atoms with E-state index >= 15 is 0 Å². The number of carbonyl (C=O) groups is 3. The van der Waals surface area contributed by atoms with Crippen LogP contribution in [0.15, 0.2) is 48.7 Å². The number of halogens is 4. The number of carboxylic acid groups (broad SMARTS) is 1. The summed E-state index contributed by atoms with van der Waals surface area (Å²) in [6.07, 6.45) is -2.54. The van der Waals surface area contributed by atoms with Crippen LogP contribution in [0.5, 0.6) is 0 Å². The average molecular weight is 495 g/mol. The molecule has 0 atom stereocenters. The van der Waals surface area contributed by atoms with E-state index in [-0.39, 0.29) is 17.7 Å². The molecular formula is C22H18ClF3N4O4. The fourth-order valence-electron chi connectivity index (χ4n) is 3.12. The van der Waals surface area contributed by atoms with Gasteiger partial charge in [-0.1, -0.05) is 12.1 Å². The zero-order valence-corrected chi connectivity index (χ0v) is 18.1. The Balaban J connectivity index is 0.000000406. The molecule has 1 aliphatic rings. The lowest BCUT2D eigenvalue weighted by Gasteiger charge is -2.11. The number of alkyl halides is 4. The minimum absolute atomic E-state index is 0.0392. The first kappa shape index (κ1) is 24.8. The largest absolute Gasteiger partial charge is 0.490 e. The van der Waals surface area contributed by atoms with Crippen LogP contribution < -0.4 is 10.6 Å². The first-order valence-corrected chi connectivity index (χ1v) is 10.3. The first-order chi connectivity index (χ1) is 16.1. The molecule has 2 aromatic heterocycles. The lowest BCUT2D eigenvalue weighted by Crippen LogP contribution is -2.31. The van der Waals surface area contributed by atoms with Crippen LogP contribution in [0, 0.1) is 0 Å². The van der Waals surface area contributed by atoms with Crippen LogP contribution >= 0.6 is 11.6 Å². The second kappa shape index (κ2) is 10.4. The molecule has 4 N–H and O–H groups in total. The smallest absolute Gasteiger partial charge is 0.475 e. The molecule has 3 heterocycles. The predicted octanol–water partition coefficient (Wildman–Crippen LogP) is 3.84. The van der Waals surface area contributed by atoms with Gasteiger partial charge in [0.25, 0.3) is 5.91 Å². The molecule has 0 bridgehead atoms. The van der Waals surface area contributed by atoms with E-state index in [2.05, 4.69) is 20.6 Å². The third-order valence-electron chi connectivity index (χ3n) is 4.70. The Labute approximate surface area is 196 Å². The highest BCUT2D eigenvalue weighted by molar-refractivity contribution is 6.29. The molecule has 0 spiro atoms. The van der Waals surface area contributed by atoms with Crippen molar-refractivity contribution >= 4 is 35.1 Å².